The van der Waals surface area contributed by atoms with Crippen LogP contribution < -0.4 is 0 Å². The standard InChI is InChI=1S/C15H24FNO8/c1-14(2,3)24-12(22)17(13(23)25-15(4,5)6)9(11(20)21)7-8(16)10(18)19/h8-9H,7H2,1-6H3,(H,18,19)(H,20,21)/t8-,9-/m0/s1/i16-1. The molecule has 2 amide bonds. The number of carbonyl (C=O) groups is 4. The summed E-state index contributed by atoms with van der Waals surface area (Å²) >= 11 is 0. The van der Waals surface area contributed by atoms with Crippen molar-refractivity contribution in [3.8, 4) is 0 Å². The Morgan fingerprint density at radius 1 is 0.880 bits per heavy atom. The molecule has 0 aliphatic rings. The van der Waals surface area contributed by atoms with Crippen LogP contribution in [0.3, 0.4) is 0 Å². The highest BCUT2D eigenvalue weighted by Crippen LogP contribution is 2.20. The highest BCUT2D eigenvalue weighted by molar-refractivity contribution is 5.94. The summed E-state index contributed by atoms with van der Waals surface area (Å²) in [5.74, 6) is -3.69. The number of imide groups is 1. The summed E-state index contributed by atoms with van der Waals surface area (Å²) in [5.41, 5.74) is -2.16. The fraction of sp³-hybridized carbons (Fsp3) is 0.733. The fourth-order valence-corrected chi connectivity index (χ4v) is 1.56. The quantitative estimate of drug-likeness (QED) is 0.760. The van der Waals surface area contributed by atoms with Crippen molar-refractivity contribution in [3.63, 3.8) is 0 Å². The summed E-state index contributed by atoms with van der Waals surface area (Å²) in [5, 5.41) is 17.9. The lowest BCUT2D eigenvalue weighted by atomic mass is 10.1. The maximum Gasteiger partial charge on any atom is 0.420 e. The first-order valence-electron chi connectivity index (χ1n) is 7.40. The summed E-state index contributed by atoms with van der Waals surface area (Å²) < 4.78 is 23.4. The van der Waals surface area contributed by atoms with Crippen LogP contribution in [0.15, 0.2) is 0 Å². The average Bonchev–Trinajstić information content (AvgIpc) is 2.32. The molecule has 0 aliphatic heterocycles. The van der Waals surface area contributed by atoms with Gasteiger partial charge in [-0.05, 0) is 41.5 Å². The van der Waals surface area contributed by atoms with E-state index in [-0.39, 0.29) is 4.90 Å². The van der Waals surface area contributed by atoms with Crippen molar-refractivity contribution >= 4 is 24.1 Å². The summed E-state index contributed by atoms with van der Waals surface area (Å²) in [6.45, 7) is 8.85. The molecule has 0 saturated carbocycles. The maximum absolute atomic E-state index is 13.5. The van der Waals surface area contributed by atoms with E-state index in [1.165, 1.54) is 41.5 Å². The Balaban J connectivity index is 5.79. The minimum Gasteiger partial charge on any atom is -0.480 e. The van der Waals surface area contributed by atoms with Gasteiger partial charge in [-0.25, -0.2) is 23.6 Å². The van der Waals surface area contributed by atoms with Crippen molar-refractivity contribution in [2.45, 2.75) is 71.4 Å². The molecule has 2 N–H and O–H groups in total. The van der Waals surface area contributed by atoms with Crippen LogP contribution in [-0.4, -0.2) is 62.7 Å². The van der Waals surface area contributed by atoms with Crippen molar-refractivity contribution in [3.05, 3.63) is 0 Å². The van der Waals surface area contributed by atoms with Gasteiger partial charge in [0.15, 0.2) is 6.17 Å². The zero-order valence-corrected chi connectivity index (χ0v) is 15.0. The largest absolute Gasteiger partial charge is 0.480 e. The van der Waals surface area contributed by atoms with E-state index in [4.69, 9.17) is 14.6 Å². The van der Waals surface area contributed by atoms with Gasteiger partial charge in [-0.15, -0.1) is 0 Å². The molecule has 10 heteroatoms. The van der Waals surface area contributed by atoms with Crippen LogP contribution in [0.25, 0.3) is 0 Å². The van der Waals surface area contributed by atoms with Crippen molar-refractivity contribution in [1.29, 1.82) is 0 Å². The molecular weight excluding hydrogens is 340 g/mol. The number of carboxylic acid groups (broad SMARTS) is 2. The number of halogens is 1. The monoisotopic (exact) mass is 364 g/mol. The number of hydrogen-bond donors (Lipinski definition) is 2. The van der Waals surface area contributed by atoms with Crippen LogP contribution in [0.5, 0.6) is 0 Å². The SMILES string of the molecule is CC(C)(C)OC(=O)N(C(=O)OC(C)(C)C)[C@@H](C[C@H]([18F])C(=O)O)C(=O)O. The number of hydrogen-bond acceptors (Lipinski definition) is 6. The second-order valence-corrected chi connectivity index (χ2v) is 7.23. The highest BCUT2D eigenvalue weighted by atomic mass is 18.2. The highest BCUT2D eigenvalue weighted by Gasteiger charge is 2.42. The molecule has 9 nitrogen and oxygen atoms in total. The number of carboxylic acids is 2. The Hall–Kier alpha value is -2.39. The minimum atomic E-state index is -2.60. The molecule has 2 atom stereocenters. The molecule has 0 aromatic heterocycles. The number of ether oxygens (including phenoxy) is 2. The number of carbonyl (C=O) groups excluding carboxylic acids is 2. The number of alkyl halides is 1. The van der Waals surface area contributed by atoms with E-state index in [0.29, 0.717) is 0 Å². The third kappa shape index (κ3) is 8.32. The predicted molar refractivity (Wildman–Crippen MR) is 82.9 cm³/mol. The molecule has 0 aromatic rings. The molecule has 0 saturated heterocycles. The van der Waals surface area contributed by atoms with Gasteiger partial charge in [-0.3, -0.25) is 0 Å². The lowest BCUT2D eigenvalue weighted by Crippen LogP contribution is -2.53. The zero-order valence-electron chi connectivity index (χ0n) is 15.0. The van der Waals surface area contributed by atoms with Crippen LogP contribution in [0.1, 0.15) is 48.0 Å². The zero-order chi connectivity index (χ0) is 20.2. The normalized spacial score (nSPS) is 14.2. The molecule has 0 fully saturated rings. The van der Waals surface area contributed by atoms with Crippen molar-refractivity contribution in [2.75, 3.05) is 0 Å². The van der Waals surface area contributed by atoms with E-state index in [0.717, 1.165) is 0 Å². The molecule has 25 heavy (non-hydrogen) atoms. The summed E-state index contributed by atoms with van der Waals surface area (Å²) in [4.78, 5) is 46.7. The Labute approximate surface area is 144 Å². The van der Waals surface area contributed by atoms with Gasteiger partial charge < -0.3 is 19.7 Å². The minimum absolute atomic E-state index is 0.0777. The summed E-state index contributed by atoms with van der Waals surface area (Å²) in [6.07, 6.45) is -6.52. The van der Waals surface area contributed by atoms with E-state index in [1.807, 2.05) is 0 Å². The third-order valence-electron chi connectivity index (χ3n) is 2.48. The van der Waals surface area contributed by atoms with Gasteiger partial charge >= 0.3 is 24.1 Å². The van der Waals surface area contributed by atoms with Crippen molar-refractivity contribution in [2.24, 2.45) is 0 Å². The number of amides is 2. The second-order valence-electron chi connectivity index (χ2n) is 7.23. The predicted octanol–water partition coefficient (Wildman–Crippen LogP) is 2.42. The first-order chi connectivity index (χ1) is 11.0. The Morgan fingerprint density at radius 2 is 1.24 bits per heavy atom. The Kier molecular flexibility index (Phi) is 7.35. The molecule has 144 valence electrons. The van der Waals surface area contributed by atoms with Crippen molar-refractivity contribution in [1.82, 2.24) is 4.90 Å². The lowest BCUT2D eigenvalue weighted by Gasteiger charge is -2.31. The van der Waals surface area contributed by atoms with Gasteiger partial charge in [0.05, 0.1) is 0 Å². The van der Waals surface area contributed by atoms with Gasteiger partial charge in [-0.2, -0.15) is 4.90 Å². The van der Waals surface area contributed by atoms with Gasteiger partial charge in [0, 0.05) is 6.42 Å². The smallest absolute Gasteiger partial charge is 0.420 e. The summed E-state index contributed by atoms with van der Waals surface area (Å²) in [6, 6.07) is -2.12. The van der Waals surface area contributed by atoms with E-state index in [1.54, 1.807) is 0 Å². The van der Waals surface area contributed by atoms with Crippen LogP contribution in [-0.2, 0) is 19.1 Å². The molecular formula is C15H24FNO8. The van der Waals surface area contributed by atoms with Crippen LogP contribution in [0.4, 0.5) is 14.0 Å². The Morgan fingerprint density at radius 3 is 1.48 bits per heavy atom. The van der Waals surface area contributed by atoms with Gasteiger partial charge in [0.25, 0.3) is 0 Å². The molecule has 0 rings (SSSR count). The molecule has 0 bridgehead atoms. The first kappa shape index (κ1) is 22.6. The fourth-order valence-electron chi connectivity index (χ4n) is 1.56. The first-order valence-corrected chi connectivity index (χ1v) is 7.40. The molecule has 0 spiro atoms. The maximum atomic E-state index is 13.5. The molecule has 0 unspecified atom stereocenters. The third-order valence-corrected chi connectivity index (χ3v) is 2.48. The van der Waals surface area contributed by atoms with Crippen LogP contribution in [0.2, 0.25) is 0 Å². The van der Waals surface area contributed by atoms with E-state index in [9.17, 15) is 28.7 Å². The van der Waals surface area contributed by atoms with Gasteiger partial charge in [0.2, 0.25) is 0 Å². The molecule has 0 aliphatic carbocycles. The average molecular weight is 364 g/mol. The van der Waals surface area contributed by atoms with Gasteiger partial charge in [-0.1, -0.05) is 0 Å². The molecule has 0 heterocycles. The van der Waals surface area contributed by atoms with E-state index < -0.39 is 54.0 Å². The van der Waals surface area contributed by atoms with Crippen LogP contribution >= 0.6 is 0 Å². The van der Waals surface area contributed by atoms with E-state index >= 15 is 0 Å². The topological polar surface area (TPSA) is 130 Å². The van der Waals surface area contributed by atoms with E-state index in [2.05, 4.69) is 0 Å². The Bertz CT molecular complexity index is 507. The number of nitrogens with zero attached hydrogens (tertiary/aromatic N) is 1. The van der Waals surface area contributed by atoms with Gasteiger partial charge in [0.1, 0.15) is 17.2 Å². The van der Waals surface area contributed by atoms with Crippen LogP contribution in [0, 0.1) is 0 Å². The van der Waals surface area contributed by atoms with Crippen molar-refractivity contribution < 1.29 is 43.3 Å². The number of rotatable bonds is 5. The summed E-state index contributed by atoms with van der Waals surface area (Å²) in [7, 11) is 0. The number of aliphatic carboxylic acids is 2. The lowest BCUT2D eigenvalue weighted by molar-refractivity contribution is -0.147. The second kappa shape index (κ2) is 8.13. The molecule has 0 radical (unpaired) electrons. The molecule has 0 aromatic carbocycles.